The van der Waals surface area contributed by atoms with Crippen LogP contribution in [-0.2, 0) is 4.79 Å². The molecule has 1 atom stereocenters. The summed E-state index contributed by atoms with van der Waals surface area (Å²) in [4.78, 5) is 11.1. The molecule has 0 aliphatic heterocycles. The second-order valence-electron chi connectivity index (χ2n) is 4.74. The normalized spacial score (nSPS) is 16.7. The molecule has 1 unspecified atom stereocenters. The van der Waals surface area contributed by atoms with Gasteiger partial charge in [-0.2, -0.15) is 0 Å². The first-order valence-corrected chi connectivity index (χ1v) is 4.63. The van der Waals surface area contributed by atoms with Gasteiger partial charge in [0.1, 0.15) is 0 Å². The lowest BCUT2D eigenvalue weighted by atomic mass is 9.66. The fraction of sp³-hybridized carbons (Fsp3) is 0.900. The first kappa shape index (κ1) is 12.4. The average Bonchev–Trinajstić information content (AvgIpc) is 1.97. The number of hydrogen-bond donors (Lipinski definition) is 2. The Kier molecular flexibility index (Phi) is 3.91. The van der Waals surface area contributed by atoms with E-state index < -0.39 is 11.4 Å². The Balaban J connectivity index is 4.64. The second-order valence-corrected chi connectivity index (χ2v) is 4.74. The maximum Gasteiger partial charge on any atom is 0.309 e. The van der Waals surface area contributed by atoms with E-state index in [1.165, 1.54) is 0 Å². The first-order valence-electron chi connectivity index (χ1n) is 4.63. The smallest absolute Gasteiger partial charge is 0.309 e. The van der Waals surface area contributed by atoms with Crippen molar-refractivity contribution in [3.63, 3.8) is 0 Å². The van der Waals surface area contributed by atoms with Crippen molar-refractivity contribution in [2.24, 2.45) is 10.8 Å². The van der Waals surface area contributed by atoms with Gasteiger partial charge in [-0.3, -0.25) is 4.79 Å². The summed E-state index contributed by atoms with van der Waals surface area (Å²) in [6.07, 6.45) is 0.655. The van der Waals surface area contributed by atoms with Crippen LogP contribution >= 0.6 is 0 Å². The predicted molar refractivity (Wildman–Crippen MR) is 53.7 cm³/mol. The summed E-state index contributed by atoms with van der Waals surface area (Å²) in [7, 11) is 1.84. The number of carboxylic acid groups (broad SMARTS) is 1. The van der Waals surface area contributed by atoms with E-state index in [4.69, 9.17) is 5.11 Å². The highest BCUT2D eigenvalue weighted by atomic mass is 16.4. The Bertz CT molecular complexity index is 184. The monoisotopic (exact) mass is 187 g/mol. The molecule has 2 N–H and O–H groups in total. The van der Waals surface area contributed by atoms with Gasteiger partial charge in [0.05, 0.1) is 5.41 Å². The molecule has 0 saturated heterocycles. The molecule has 3 heteroatoms. The summed E-state index contributed by atoms with van der Waals surface area (Å²) in [6.45, 7) is 8.46. The van der Waals surface area contributed by atoms with Crippen LogP contribution in [0.1, 0.15) is 34.1 Å². The highest BCUT2D eigenvalue weighted by Gasteiger charge is 2.43. The standard InChI is InChI=1S/C10H21NO2/c1-9(2,3)10(4,8(12)13)6-7-11-5/h11H,6-7H2,1-5H3,(H,12,13). The molecule has 78 valence electrons. The summed E-state index contributed by atoms with van der Waals surface area (Å²) < 4.78 is 0. The van der Waals surface area contributed by atoms with E-state index >= 15 is 0 Å². The van der Waals surface area contributed by atoms with Crippen LogP contribution in [-0.4, -0.2) is 24.7 Å². The molecule has 3 nitrogen and oxygen atoms in total. The molecule has 13 heavy (non-hydrogen) atoms. The molecule has 0 saturated carbocycles. The molecule has 0 bridgehead atoms. The molecule has 0 amide bonds. The lowest BCUT2D eigenvalue weighted by Gasteiger charge is -2.38. The number of rotatable bonds is 4. The van der Waals surface area contributed by atoms with Crippen molar-refractivity contribution < 1.29 is 9.90 Å². The van der Waals surface area contributed by atoms with Crippen LogP contribution in [0.25, 0.3) is 0 Å². The van der Waals surface area contributed by atoms with Crippen molar-refractivity contribution in [3.05, 3.63) is 0 Å². The lowest BCUT2D eigenvalue weighted by molar-refractivity contribution is -0.155. The lowest BCUT2D eigenvalue weighted by Crippen LogP contribution is -2.42. The van der Waals surface area contributed by atoms with Crippen molar-refractivity contribution in [2.75, 3.05) is 13.6 Å². The van der Waals surface area contributed by atoms with E-state index in [1.54, 1.807) is 0 Å². The molecule has 0 aromatic rings. The Hall–Kier alpha value is -0.570. The Morgan fingerprint density at radius 1 is 1.31 bits per heavy atom. The van der Waals surface area contributed by atoms with Gasteiger partial charge in [0.25, 0.3) is 0 Å². The largest absolute Gasteiger partial charge is 0.481 e. The molecule has 0 spiro atoms. The van der Waals surface area contributed by atoms with E-state index in [0.29, 0.717) is 6.42 Å². The second kappa shape index (κ2) is 4.09. The number of hydrogen-bond acceptors (Lipinski definition) is 2. The zero-order valence-electron chi connectivity index (χ0n) is 9.27. The van der Waals surface area contributed by atoms with E-state index in [0.717, 1.165) is 6.54 Å². The van der Waals surface area contributed by atoms with Crippen LogP contribution in [0.5, 0.6) is 0 Å². The van der Waals surface area contributed by atoms with Crippen molar-refractivity contribution in [3.8, 4) is 0 Å². The quantitative estimate of drug-likeness (QED) is 0.704. The third-order valence-corrected chi connectivity index (χ3v) is 3.00. The van der Waals surface area contributed by atoms with Crippen molar-refractivity contribution in [1.29, 1.82) is 0 Å². The number of carboxylic acids is 1. The van der Waals surface area contributed by atoms with E-state index in [9.17, 15) is 4.79 Å². The number of nitrogens with one attached hydrogen (secondary N) is 1. The van der Waals surface area contributed by atoms with Gasteiger partial charge >= 0.3 is 5.97 Å². The number of aliphatic carboxylic acids is 1. The van der Waals surface area contributed by atoms with Gasteiger partial charge in [-0.25, -0.2) is 0 Å². The summed E-state index contributed by atoms with van der Waals surface area (Å²) >= 11 is 0. The molecule has 0 aromatic heterocycles. The van der Waals surface area contributed by atoms with Gasteiger partial charge in [-0.1, -0.05) is 20.8 Å². The van der Waals surface area contributed by atoms with Gasteiger partial charge in [-0.15, -0.1) is 0 Å². The molecule has 0 aromatic carbocycles. The first-order chi connectivity index (χ1) is 5.75. The van der Waals surface area contributed by atoms with Gasteiger partial charge in [0.15, 0.2) is 0 Å². The van der Waals surface area contributed by atoms with Crippen molar-refractivity contribution in [2.45, 2.75) is 34.1 Å². The molecular weight excluding hydrogens is 166 g/mol. The van der Waals surface area contributed by atoms with Crippen molar-refractivity contribution in [1.82, 2.24) is 5.32 Å². The Labute approximate surface area is 80.5 Å². The fourth-order valence-electron chi connectivity index (χ4n) is 1.18. The van der Waals surface area contributed by atoms with E-state index in [1.807, 2.05) is 34.7 Å². The third kappa shape index (κ3) is 2.69. The molecule has 0 aliphatic rings. The minimum atomic E-state index is -0.713. The zero-order chi connectivity index (χ0) is 10.7. The molecule has 0 radical (unpaired) electrons. The highest BCUT2D eigenvalue weighted by Crippen LogP contribution is 2.41. The molecule has 0 aliphatic carbocycles. The van der Waals surface area contributed by atoms with Crippen molar-refractivity contribution >= 4 is 5.97 Å². The van der Waals surface area contributed by atoms with Crippen LogP contribution in [0.4, 0.5) is 0 Å². The topological polar surface area (TPSA) is 49.3 Å². The Morgan fingerprint density at radius 2 is 1.77 bits per heavy atom. The summed E-state index contributed by atoms with van der Waals surface area (Å²) in [6, 6.07) is 0. The third-order valence-electron chi connectivity index (χ3n) is 3.00. The van der Waals surface area contributed by atoms with Crippen LogP contribution < -0.4 is 5.32 Å². The summed E-state index contributed by atoms with van der Waals surface area (Å²) in [5.74, 6) is -0.713. The minimum Gasteiger partial charge on any atom is -0.481 e. The van der Waals surface area contributed by atoms with Crippen LogP contribution in [0.2, 0.25) is 0 Å². The molecular formula is C10H21NO2. The van der Waals surface area contributed by atoms with Crippen LogP contribution in [0, 0.1) is 10.8 Å². The van der Waals surface area contributed by atoms with E-state index in [-0.39, 0.29) is 5.41 Å². The average molecular weight is 187 g/mol. The highest BCUT2D eigenvalue weighted by molar-refractivity contribution is 5.75. The Morgan fingerprint density at radius 3 is 2.00 bits per heavy atom. The van der Waals surface area contributed by atoms with Gasteiger partial charge < -0.3 is 10.4 Å². The van der Waals surface area contributed by atoms with Gasteiger partial charge in [0, 0.05) is 0 Å². The minimum absolute atomic E-state index is 0.213. The molecule has 0 rings (SSSR count). The maximum atomic E-state index is 11.1. The molecule has 0 heterocycles. The SMILES string of the molecule is CNCCC(C)(C(=O)O)C(C)(C)C. The fourth-order valence-corrected chi connectivity index (χ4v) is 1.18. The summed E-state index contributed by atoms with van der Waals surface area (Å²) in [5.41, 5.74) is -0.869. The van der Waals surface area contributed by atoms with Gasteiger partial charge in [0.2, 0.25) is 0 Å². The zero-order valence-corrected chi connectivity index (χ0v) is 9.27. The van der Waals surface area contributed by atoms with Gasteiger partial charge in [-0.05, 0) is 32.4 Å². The van der Waals surface area contributed by atoms with E-state index in [2.05, 4.69) is 5.32 Å². The molecule has 0 fully saturated rings. The van der Waals surface area contributed by atoms with Crippen LogP contribution in [0.3, 0.4) is 0 Å². The maximum absolute atomic E-state index is 11.1. The predicted octanol–water partition coefficient (Wildman–Crippen LogP) is 1.73. The van der Waals surface area contributed by atoms with Crippen LogP contribution in [0.15, 0.2) is 0 Å². The summed E-state index contributed by atoms with van der Waals surface area (Å²) in [5, 5.41) is 12.2. The number of carbonyl (C=O) groups is 1.